The van der Waals surface area contributed by atoms with Gasteiger partial charge in [-0.25, -0.2) is 17.8 Å². The Morgan fingerprint density at radius 1 is 1.11 bits per heavy atom. The lowest BCUT2D eigenvalue weighted by molar-refractivity contribution is -0.137. The zero-order valence-corrected chi connectivity index (χ0v) is 19.8. The number of halogens is 3. The molecule has 0 fully saturated rings. The molecule has 13 heteroatoms. The molecule has 1 N–H and O–H groups in total. The zero-order valence-electron chi connectivity index (χ0n) is 18.9. The molecule has 36 heavy (non-hydrogen) atoms. The van der Waals surface area contributed by atoms with Crippen molar-refractivity contribution >= 4 is 21.7 Å². The smallest absolute Gasteiger partial charge is 0.282 e. The van der Waals surface area contributed by atoms with Gasteiger partial charge in [0.15, 0.2) is 0 Å². The molecule has 0 radical (unpaired) electrons. The fourth-order valence-corrected chi connectivity index (χ4v) is 4.81. The number of rotatable bonds is 5. The molecule has 0 bridgehead atoms. The highest BCUT2D eigenvalue weighted by atomic mass is 32.2. The van der Waals surface area contributed by atoms with Crippen molar-refractivity contribution in [3.05, 3.63) is 76.5 Å². The summed E-state index contributed by atoms with van der Waals surface area (Å²) in [6, 6.07) is 13.8. The Balaban J connectivity index is 2.00. The number of alkyl halides is 3. The number of fused-ring (bicyclic) bond motifs is 1. The maximum absolute atomic E-state index is 13.4. The van der Waals surface area contributed by atoms with E-state index in [1.807, 2.05) is 6.07 Å². The van der Waals surface area contributed by atoms with Gasteiger partial charge in [0, 0.05) is 17.9 Å². The SMILES string of the molecule is CCNS(=O)(=O)c1nc2n(n1)[C@H](c1ccc(C#N)cc1)C(C#N)=C(C)N2c1cccc(C(F)(F)F)c1. The van der Waals surface area contributed by atoms with Crippen molar-refractivity contribution in [1.82, 2.24) is 19.5 Å². The van der Waals surface area contributed by atoms with Crippen LogP contribution < -0.4 is 9.62 Å². The molecule has 0 amide bonds. The number of benzene rings is 2. The second-order valence-corrected chi connectivity index (χ2v) is 9.43. The Kier molecular flexibility index (Phi) is 6.30. The number of sulfonamides is 1. The van der Waals surface area contributed by atoms with E-state index in [0.717, 1.165) is 12.1 Å². The standard InChI is InChI=1S/C23H18F3N7O2S/c1-3-29-36(34,35)21-30-22-32(18-6-4-5-17(11-18)23(24,25)26)14(2)19(13-28)20(33(22)31-21)16-9-7-15(12-27)8-10-16/h4-11,20,29H,3H2,1-2H3/t20-/m1/s1. The minimum atomic E-state index is -4.63. The summed E-state index contributed by atoms with van der Waals surface area (Å²) in [5.41, 5.74) is 0.336. The Bertz CT molecular complexity index is 1550. The summed E-state index contributed by atoms with van der Waals surface area (Å²) < 4.78 is 69.2. The van der Waals surface area contributed by atoms with Gasteiger partial charge in [-0.2, -0.15) is 28.7 Å². The summed E-state index contributed by atoms with van der Waals surface area (Å²) in [5.74, 6) is -0.0864. The lowest BCUT2D eigenvalue weighted by Crippen LogP contribution is -2.31. The third-order valence-electron chi connectivity index (χ3n) is 5.52. The maximum atomic E-state index is 13.4. The largest absolute Gasteiger partial charge is 0.416 e. The first kappa shape index (κ1) is 24.9. The van der Waals surface area contributed by atoms with Crippen molar-refractivity contribution in [3.63, 3.8) is 0 Å². The van der Waals surface area contributed by atoms with E-state index in [1.54, 1.807) is 19.1 Å². The Hall–Kier alpha value is -4.20. The molecule has 1 atom stereocenters. The topological polar surface area (TPSA) is 128 Å². The second kappa shape index (κ2) is 9.11. The van der Waals surface area contributed by atoms with Crippen molar-refractivity contribution in [1.29, 1.82) is 10.5 Å². The average Bonchev–Trinajstić information content (AvgIpc) is 3.28. The van der Waals surface area contributed by atoms with Gasteiger partial charge in [0.25, 0.3) is 15.2 Å². The van der Waals surface area contributed by atoms with Crippen molar-refractivity contribution < 1.29 is 21.6 Å². The molecule has 1 aliphatic rings. The van der Waals surface area contributed by atoms with Gasteiger partial charge < -0.3 is 0 Å². The fourth-order valence-electron chi connectivity index (χ4n) is 3.90. The van der Waals surface area contributed by atoms with E-state index in [1.165, 1.54) is 40.8 Å². The number of nitriles is 2. The van der Waals surface area contributed by atoms with Crippen LogP contribution in [0.1, 0.15) is 36.6 Å². The highest BCUT2D eigenvalue weighted by Gasteiger charge is 2.38. The Labute approximate surface area is 204 Å². The van der Waals surface area contributed by atoms with Crippen LogP contribution >= 0.6 is 0 Å². The van der Waals surface area contributed by atoms with Gasteiger partial charge in [0.1, 0.15) is 6.04 Å². The van der Waals surface area contributed by atoms with Crippen molar-refractivity contribution in [3.8, 4) is 12.1 Å². The first-order chi connectivity index (χ1) is 17.0. The first-order valence-electron chi connectivity index (χ1n) is 10.6. The molecule has 0 unspecified atom stereocenters. The zero-order chi connectivity index (χ0) is 26.3. The molecule has 0 spiro atoms. The van der Waals surface area contributed by atoms with E-state index in [9.17, 15) is 26.9 Å². The molecular weight excluding hydrogens is 495 g/mol. The quantitative estimate of drug-likeness (QED) is 0.546. The van der Waals surface area contributed by atoms with Crippen molar-refractivity contribution in [2.45, 2.75) is 31.2 Å². The lowest BCUT2D eigenvalue weighted by Gasteiger charge is -2.34. The van der Waals surface area contributed by atoms with E-state index < -0.39 is 33.0 Å². The third-order valence-corrected chi connectivity index (χ3v) is 6.84. The monoisotopic (exact) mass is 513 g/mol. The fraction of sp³-hybridized carbons (Fsp3) is 0.217. The van der Waals surface area contributed by atoms with Gasteiger partial charge in [-0.05, 0) is 42.8 Å². The highest BCUT2D eigenvalue weighted by Crippen LogP contribution is 2.43. The van der Waals surface area contributed by atoms with E-state index in [0.29, 0.717) is 11.1 Å². The van der Waals surface area contributed by atoms with Crippen LogP contribution in [0.2, 0.25) is 0 Å². The molecule has 184 valence electrons. The Morgan fingerprint density at radius 3 is 2.39 bits per heavy atom. The van der Waals surface area contributed by atoms with E-state index in [2.05, 4.69) is 20.9 Å². The van der Waals surface area contributed by atoms with Crippen LogP contribution in [0.5, 0.6) is 0 Å². The molecule has 2 heterocycles. The van der Waals surface area contributed by atoms with Gasteiger partial charge in [-0.1, -0.05) is 25.1 Å². The number of nitrogens with one attached hydrogen (secondary N) is 1. The van der Waals surface area contributed by atoms with Crippen LogP contribution in [0.25, 0.3) is 0 Å². The number of allylic oxidation sites excluding steroid dienone is 2. The van der Waals surface area contributed by atoms with E-state index >= 15 is 0 Å². The number of hydrogen-bond donors (Lipinski definition) is 1. The van der Waals surface area contributed by atoms with Crippen molar-refractivity contribution in [2.24, 2.45) is 0 Å². The maximum Gasteiger partial charge on any atom is 0.416 e. The normalized spacial score (nSPS) is 15.9. The lowest BCUT2D eigenvalue weighted by atomic mass is 9.95. The molecule has 9 nitrogen and oxygen atoms in total. The minimum absolute atomic E-state index is 0.0226. The summed E-state index contributed by atoms with van der Waals surface area (Å²) >= 11 is 0. The van der Waals surface area contributed by atoms with Gasteiger partial charge in [-0.15, -0.1) is 5.10 Å². The van der Waals surface area contributed by atoms with Crippen LogP contribution in [-0.2, 0) is 16.2 Å². The molecule has 1 aliphatic heterocycles. The molecule has 0 saturated carbocycles. The van der Waals surface area contributed by atoms with Gasteiger partial charge in [0.2, 0.25) is 5.95 Å². The molecule has 0 aliphatic carbocycles. The molecular formula is C23H18F3N7O2S. The van der Waals surface area contributed by atoms with Gasteiger partial charge in [0.05, 0.1) is 28.8 Å². The van der Waals surface area contributed by atoms with Crippen LogP contribution in [-0.4, -0.2) is 29.7 Å². The van der Waals surface area contributed by atoms with E-state index in [-0.39, 0.29) is 29.5 Å². The highest BCUT2D eigenvalue weighted by molar-refractivity contribution is 7.89. The number of nitrogens with zero attached hydrogens (tertiary/aromatic N) is 6. The van der Waals surface area contributed by atoms with Crippen LogP contribution in [0, 0.1) is 22.7 Å². The minimum Gasteiger partial charge on any atom is -0.282 e. The average molecular weight is 514 g/mol. The Morgan fingerprint density at radius 2 is 1.81 bits per heavy atom. The number of hydrogen-bond acceptors (Lipinski definition) is 7. The van der Waals surface area contributed by atoms with Crippen LogP contribution in [0.4, 0.5) is 24.8 Å². The second-order valence-electron chi connectivity index (χ2n) is 7.77. The third kappa shape index (κ3) is 4.30. The molecule has 2 aromatic carbocycles. The first-order valence-corrected chi connectivity index (χ1v) is 12.0. The summed E-state index contributed by atoms with van der Waals surface area (Å²) in [6.45, 7) is 3.16. The molecule has 0 saturated heterocycles. The number of anilines is 2. The predicted molar refractivity (Wildman–Crippen MR) is 122 cm³/mol. The molecule has 3 aromatic rings. The van der Waals surface area contributed by atoms with E-state index in [4.69, 9.17) is 5.26 Å². The van der Waals surface area contributed by atoms with Gasteiger partial charge >= 0.3 is 6.18 Å². The summed E-state index contributed by atoms with van der Waals surface area (Å²) in [5, 5.41) is 22.7. The van der Waals surface area contributed by atoms with Crippen LogP contribution in [0.15, 0.2) is 65.0 Å². The van der Waals surface area contributed by atoms with Gasteiger partial charge in [-0.3, -0.25) is 4.90 Å². The summed E-state index contributed by atoms with van der Waals surface area (Å²) in [7, 11) is -4.14. The van der Waals surface area contributed by atoms with Crippen molar-refractivity contribution in [2.75, 3.05) is 11.4 Å². The van der Waals surface area contributed by atoms with Crippen LogP contribution in [0.3, 0.4) is 0 Å². The molecule has 4 rings (SSSR count). The summed E-state index contributed by atoms with van der Waals surface area (Å²) in [4.78, 5) is 5.44. The number of aromatic nitrogens is 3. The summed E-state index contributed by atoms with van der Waals surface area (Å²) in [6.07, 6.45) is -4.63. The molecule has 1 aromatic heterocycles. The predicted octanol–water partition coefficient (Wildman–Crippen LogP) is 4.01.